The summed E-state index contributed by atoms with van der Waals surface area (Å²) in [5, 5.41) is 11.6. The van der Waals surface area contributed by atoms with E-state index in [0.29, 0.717) is 6.04 Å². The standard InChI is InChI=1S/C30H53N5/c1-4-10-27(11-5-1)26-35-21-16-30(17-22-35)33-20-25-34(23-18-31-28-12-6-2-7-13-28)24-19-32-29-14-8-3-9-15-29/h1,4-5,10-11,28-33H,2-3,6-9,12-26H2. The average molecular weight is 484 g/mol. The van der Waals surface area contributed by atoms with Gasteiger partial charge in [0.2, 0.25) is 0 Å². The monoisotopic (exact) mass is 483 g/mol. The Labute approximate surface area is 215 Å². The molecule has 0 aromatic heterocycles. The molecule has 2 aliphatic carbocycles. The average Bonchev–Trinajstić information content (AvgIpc) is 2.91. The van der Waals surface area contributed by atoms with Gasteiger partial charge in [-0.1, -0.05) is 68.9 Å². The molecular weight excluding hydrogens is 430 g/mol. The van der Waals surface area contributed by atoms with Gasteiger partial charge in [-0.05, 0) is 57.2 Å². The van der Waals surface area contributed by atoms with Gasteiger partial charge >= 0.3 is 0 Å². The van der Waals surface area contributed by atoms with E-state index in [-0.39, 0.29) is 0 Å². The molecule has 4 rings (SSSR count). The summed E-state index contributed by atoms with van der Waals surface area (Å²) in [7, 11) is 0. The van der Waals surface area contributed by atoms with Crippen molar-refractivity contribution in [3.05, 3.63) is 35.9 Å². The van der Waals surface area contributed by atoms with Crippen LogP contribution in [0.5, 0.6) is 0 Å². The molecule has 1 heterocycles. The first-order valence-electron chi connectivity index (χ1n) is 15.0. The molecule has 0 bridgehead atoms. The third kappa shape index (κ3) is 10.5. The van der Waals surface area contributed by atoms with Crippen LogP contribution >= 0.6 is 0 Å². The van der Waals surface area contributed by atoms with Crippen LogP contribution in [0.2, 0.25) is 0 Å². The third-order valence-electron chi connectivity index (χ3n) is 8.63. The maximum atomic E-state index is 3.91. The summed E-state index contributed by atoms with van der Waals surface area (Å²) in [6, 6.07) is 13.2. The van der Waals surface area contributed by atoms with Crippen LogP contribution in [0.15, 0.2) is 30.3 Å². The molecule has 3 N–H and O–H groups in total. The number of hydrogen-bond acceptors (Lipinski definition) is 5. The predicted molar refractivity (Wildman–Crippen MR) is 149 cm³/mol. The second-order valence-corrected chi connectivity index (χ2v) is 11.4. The highest BCUT2D eigenvalue weighted by Gasteiger charge is 2.19. The van der Waals surface area contributed by atoms with Gasteiger partial charge in [-0.3, -0.25) is 9.80 Å². The van der Waals surface area contributed by atoms with Crippen LogP contribution in [0, 0.1) is 0 Å². The summed E-state index contributed by atoms with van der Waals surface area (Å²) in [6.45, 7) is 10.5. The van der Waals surface area contributed by atoms with Gasteiger partial charge in [-0.25, -0.2) is 0 Å². The van der Waals surface area contributed by atoms with Crippen molar-refractivity contribution >= 4 is 0 Å². The van der Waals surface area contributed by atoms with Gasteiger partial charge in [0.15, 0.2) is 0 Å². The summed E-state index contributed by atoms with van der Waals surface area (Å²) >= 11 is 0. The summed E-state index contributed by atoms with van der Waals surface area (Å²) in [5.74, 6) is 0. The first-order chi connectivity index (χ1) is 17.3. The van der Waals surface area contributed by atoms with Crippen LogP contribution in [0.4, 0.5) is 0 Å². The molecule has 0 amide bonds. The minimum Gasteiger partial charge on any atom is -0.313 e. The normalized spacial score (nSPS) is 21.6. The van der Waals surface area contributed by atoms with Gasteiger partial charge in [0.25, 0.3) is 0 Å². The van der Waals surface area contributed by atoms with Crippen molar-refractivity contribution in [3.8, 4) is 0 Å². The lowest BCUT2D eigenvalue weighted by Gasteiger charge is -2.33. The third-order valence-corrected chi connectivity index (χ3v) is 8.63. The summed E-state index contributed by atoms with van der Waals surface area (Å²) in [5.41, 5.74) is 1.44. The maximum Gasteiger partial charge on any atom is 0.0233 e. The van der Waals surface area contributed by atoms with Gasteiger partial charge in [-0.15, -0.1) is 0 Å². The Morgan fingerprint density at radius 1 is 0.600 bits per heavy atom. The number of likely N-dealkylation sites (tertiary alicyclic amines) is 1. The van der Waals surface area contributed by atoms with Crippen molar-refractivity contribution in [1.82, 2.24) is 25.8 Å². The fourth-order valence-corrected chi connectivity index (χ4v) is 6.37. The Morgan fingerprint density at radius 3 is 1.54 bits per heavy atom. The lowest BCUT2D eigenvalue weighted by molar-refractivity contribution is 0.185. The van der Waals surface area contributed by atoms with Gasteiger partial charge in [0, 0.05) is 63.9 Å². The molecule has 5 heteroatoms. The zero-order valence-electron chi connectivity index (χ0n) is 22.4. The Morgan fingerprint density at radius 2 is 1.06 bits per heavy atom. The molecule has 1 aromatic carbocycles. The SMILES string of the molecule is c1ccc(CN2CCC(NCCN(CCNC3CCCCC3)CCNC3CCCCC3)CC2)cc1. The highest BCUT2D eigenvalue weighted by atomic mass is 15.2. The van der Waals surface area contributed by atoms with Crippen molar-refractivity contribution < 1.29 is 0 Å². The molecule has 0 spiro atoms. The van der Waals surface area contributed by atoms with E-state index >= 15 is 0 Å². The summed E-state index contributed by atoms with van der Waals surface area (Å²) in [4.78, 5) is 5.32. The number of piperidine rings is 1. The molecule has 1 saturated heterocycles. The van der Waals surface area contributed by atoms with E-state index in [2.05, 4.69) is 56.1 Å². The molecule has 2 saturated carbocycles. The zero-order chi connectivity index (χ0) is 24.0. The van der Waals surface area contributed by atoms with Crippen molar-refractivity contribution in [1.29, 1.82) is 0 Å². The van der Waals surface area contributed by atoms with E-state index in [4.69, 9.17) is 0 Å². The summed E-state index contributed by atoms with van der Waals surface area (Å²) in [6.07, 6.45) is 16.6. The van der Waals surface area contributed by atoms with E-state index < -0.39 is 0 Å². The quantitative estimate of drug-likeness (QED) is 0.366. The Balaban J connectivity index is 1.12. The minimum absolute atomic E-state index is 0.685. The van der Waals surface area contributed by atoms with E-state index in [1.165, 1.54) is 115 Å². The minimum atomic E-state index is 0.685. The molecule has 1 aromatic rings. The van der Waals surface area contributed by atoms with Crippen LogP contribution in [-0.4, -0.2) is 80.3 Å². The molecule has 0 atom stereocenters. The molecule has 0 unspecified atom stereocenters. The fraction of sp³-hybridized carbons (Fsp3) is 0.800. The molecule has 198 valence electrons. The predicted octanol–water partition coefficient (Wildman–Crippen LogP) is 4.39. The van der Waals surface area contributed by atoms with E-state index in [1.54, 1.807) is 0 Å². The Hall–Kier alpha value is -0.980. The number of rotatable bonds is 14. The van der Waals surface area contributed by atoms with Crippen molar-refractivity contribution in [2.75, 3.05) is 52.4 Å². The van der Waals surface area contributed by atoms with Gasteiger partial charge < -0.3 is 16.0 Å². The molecule has 5 nitrogen and oxygen atoms in total. The summed E-state index contributed by atoms with van der Waals surface area (Å²) < 4.78 is 0. The van der Waals surface area contributed by atoms with Crippen molar-refractivity contribution in [2.24, 2.45) is 0 Å². The Bertz CT molecular complexity index is 624. The van der Waals surface area contributed by atoms with Crippen LogP contribution in [-0.2, 0) is 6.54 Å². The zero-order valence-corrected chi connectivity index (χ0v) is 22.4. The van der Waals surface area contributed by atoms with E-state index in [9.17, 15) is 0 Å². The topological polar surface area (TPSA) is 42.6 Å². The highest BCUT2D eigenvalue weighted by molar-refractivity contribution is 5.14. The van der Waals surface area contributed by atoms with E-state index in [0.717, 1.165) is 38.3 Å². The first kappa shape index (κ1) is 27.1. The second kappa shape index (κ2) is 16.0. The number of nitrogens with one attached hydrogen (secondary N) is 3. The Kier molecular flexibility index (Phi) is 12.4. The molecule has 3 fully saturated rings. The molecule has 0 radical (unpaired) electrons. The number of benzene rings is 1. The first-order valence-corrected chi connectivity index (χ1v) is 15.0. The van der Waals surface area contributed by atoms with Crippen LogP contribution in [0.3, 0.4) is 0 Å². The van der Waals surface area contributed by atoms with Gasteiger partial charge in [0.1, 0.15) is 0 Å². The van der Waals surface area contributed by atoms with Crippen molar-refractivity contribution in [3.63, 3.8) is 0 Å². The van der Waals surface area contributed by atoms with E-state index in [1.807, 2.05) is 0 Å². The molecule has 1 aliphatic heterocycles. The lowest BCUT2D eigenvalue weighted by atomic mass is 9.95. The number of hydrogen-bond donors (Lipinski definition) is 3. The number of nitrogens with zero attached hydrogens (tertiary/aromatic N) is 2. The van der Waals surface area contributed by atoms with Gasteiger partial charge in [0.05, 0.1) is 0 Å². The van der Waals surface area contributed by atoms with Crippen LogP contribution in [0.25, 0.3) is 0 Å². The maximum absolute atomic E-state index is 3.91. The van der Waals surface area contributed by atoms with Gasteiger partial charge in [-0.2, -0.15) is 0 Å². The molecule has 3 aliphatic rings. The molecule has 35 heavy (non-hydrogen) atoms. The van der Waals surface area contributed by atoms with Crippen molar-refractivity contribution in [2.45, 2.75) is 102 Å². The second-order valence-electron chi connectivity index (χ2n) is 11.4. The smallest absolute Gasteiger partial charge is 0.0233 e. The van der Waals surface area contributed by atoms with Crippen LogP contribution < -0.4 is 16.0 Å². The fourth-order valence-electron chi connectivity index (χ4n) is 6.37. The highest BCUT2D eigenvalue weighted by Crippen LogP contribution is 2.18. The van der Waals surface area contributed by atoms with Crippen LogP contribution in [0.1, 0.15) is 82.6 Å². The largest absolute Gasteiger partial charge is 0.313 e. The molecular formula is C30H53N5. The lowest BCUT2D eigenvalue weighted by Crippen LogP contribution is -2.47.